The Morgan fingerprint density at radius 1 is 1.28 bits per heavy atom. The van der Waals surface area contributed by atoms with E-state index in [4.69, 9.17) is 5.11 Å². The van der Waals surface area contributed by atoms with E-state index < -0.39 is 0 Å². The summed E-state index contributed by atoms with van der Waals surface area (Å²) < 4.78 is 2.10. The quantitative estimate of drug-likeness (QED) is 0.821. The maximum atomic E-state index is 9.04. The van der Waals surface area contributed by atoms with Gasteiger partial charge in [-0.15, -0.1) is 0 Å². The van der Waals surface area contributed by atoms with Gasteiger partial charge in [-0.2, -0.15) is 0 Å². The zero-order valence-corrected chi connectivity index (χ0v) is 11.2. The normalized spacial score (nSPS) is 11.6. The molecule has 0 aliphatic heterocycles. The standard InChI is InChI=1S/C15H22N2O/c1-12(2)10-16-11-13-3-4-14-5-6-17(7-8-18)15(14)9-13/h3-6,9,12,16,18H,7-8,10-11H2,1-2H3. The first-order chi connectivity index (χ1) is 8.70. The summed E-state index contributed by atoms with van der Waals surface area (Å²) in [5, 5.41) is 13.7. The van der Waals surface area contributed by atoms with Crippen molar-refractivity contribution in [1.29, 1.82) is 0 Å². The van der Waals surface area contributed by atoms with E-state index in [1.54, 1.807) is 0 Å². The molecular formula is C15H22N2O. The summed E-state index contributed by atoms with van der Waals surface area (Å²) in [7, 11) is 0. The molecule has 2 aromatic rings. The molecule has 0 aliphatic carbocycles. The van der Waals surface area contributed by atoms with Crippen molar-refractivity contribution in [3.05, 3.63) is 36.0 Å². The van der Waals surface area contributed by atoms with E-state index in [0.29, 0.717) is 12.5 Å². The van der Waals surface area contributed by atoms with Gasteiger partial charge in [-0.05, 0) is 35.5 Å². The Labute approximate surface area is 108 Å². The number of hydrogen-bond donors (Lipinski definition) is 2. The van der Waals surface area contributed by atoms with Gasteiger partial charge < -0.3 is 15.0 Å². The third kappa shape index (κ3) is 3.12. The fraction of sp³-hybridized carbons (Fsp3) is 0.467. The fourth-order valence-corrected chi connectivity index (χ4v) is 2.15. The van der Waals surface area contributed by atoms with Crippen LogP contribution in [0, 0.1) is 5.92 Å². The zero-order valence-electron chi connectivity index (χ0n) is 11.2. The Morgan fingerprint density at radius 2 is 2.11 bits per heavy atom. The van der Waals surface area contributed by atoms with Crippen LogP contribution in [0.1, 0.15) is 19.4 Å². The second-order valence-electron chi connectivity index (χ2n) is 5.15. The number of aromatic nitrogens is 1. The van der Waals surface area contributed by atoms with Gasteiger partial charge in [-0.1, -0.05) is 26.0 Å². The molecule has 0 fully saturated rings. The highest BCUT2D eigenvalue weighted by Gasteiger charge is 2.02. The minimum Gasteiger partial charge on any atom is -0.395 e. The van der Waals surface area contributed by atoms with Crippen molar-refractivity contribution in [2.24, 2.45) is 5.92 Å². The van der Waals surface area contributed by atoms with E-state index in [0.717, 1.165) is 13.1 Å². The molecule has 0 atom stereocenters. The van der Waals surface area contributed by atoms with Gasteiger partial charge in [-0.25, -0.2) is 0 Å². The van der Waals surface area contributed by atoms with Crippen molar-refractivity contribution in [1.82, 2.24) is 9.88 Å². The molecule has 2 rings (SSSR count). The van der Waals surface area contributed by atoms with E-state index in [9.17, 15) is 0 Å². The molecule has 0 amide bonds. The molecule has 0 bridgehead atoms. The predicted octanol–water partition coefficient (Wildman–Crippen LogP) is 2.38. The summed E-state index contributed by atoms with van der Waals surface area (Å²) in [6.45, 7) is 7.20. The summed E-state index contributed by atoms with van der Waals surface area (Å²) in [5.41, 5.74) is 2.49. The van der Waals surface area contributed by atoms with Gasteiger partial charge >= 0.3 is 0 Å². The van der Waals surface area contributed by atoms with E-state index in [1.807, 2.05) is 6.20 Å². The van der Waals surface area contributed by atoms with Crippen LogP contribution in [0.25, 0.3) is 10.9 Å². The Kier molecular flexibility index (Phi) is 4.39. The Morgan fingerprint density at radius 3 is 2.83 bits per heavy atom. The van der Waals surface area contributed by atoms with Crippen LogP contribution in [-0.2, 0) is 13.1 Å². The predicted molar refractivity (Wildman–Crippen MR) is 75.6 cm³/mol. The number of fused-ring (bicyclic) bond motifs is 1. The van der Waals surface area contributed by atoms with Crippen LogP contribution in [0.4, 0.5) is 0 Å². The summed E-state index contributed by atoms with van der Waals surface area (Å²) in [6.07, 6.45) is 2.03. The monoisotopic (exact) mass is 246 g/mol. The average molecular weight is 246 g/mol. The fourth-order valence-electron chi connectivity index (χ4n) is 2.15. The third-order valence-corrected chi connectivity index (χ3v) is 3.06. The molecule has 3 heteroatoms. The smallest absolute Gasteiger partial charge is 0.0610 e. The van der Waals surface area contributed by atoms with E-state index in [2.05, 4.69) is 48.0 Å². The first kappa shape index (κ1) is 13.1. The molecule has 0 spiro atoms. The van der Waals surface area contributed by atoms with Crippen molar-refractivity contribution in [3.63, 3.8) is 0 Å². The maximum absolute atomic E-state index is 9.04. The van der Waals surface area contributed by atoms with Crippen molar-refractivity contribution in [2.75, 3.05) is 13.2 Å². The third-order valence-electron chi connectivity index (χ3n) is 3.06. The molecular weight excluding hydrogens is 224 g/mol. The Hall–Kier alpha value is -1.32. The first-order valence-electron chi connectivity index (χ1n) is 6.60. The summed E-state index contributed by atoms with van der Waals surface area (Å²) in [6, 6.07) is 8.61. The number of benzene rings is 1. The van der Waals surface area contributed by atoms with Crippen molar-refractivity contribution in [3.8, 4) is 0 Å². The summed E-state index contributed by atoms with van der Waals surface area (Å²) in [5.74, 6) is 0.673. The Balaban J connectivity index is 2.12. The highest BCUT2D eigenvalue weighted by molar-refractivity contribution is 5.80. The minimum absolute atomic E-state index is 0.180. The van der Waals surface area contributed by atoms with Crippen LogP contribution >= 0.6 is 0 Å². The topological polar surface area (TPSA) is 37.2 Å². The van der Waals surface area contributed by atoms with Crippen molar-refractivity contribution < 1.29 is 5.11 Å². The number of aliphatic hydroxyl groups is 1. The number of nitrogens with one attached hydrogen (secondary N) is 1. The van der Waals surface area contributed by atoms with Gasteiger partial charge in [0, 0.05) is 24.8 Å². The van der Waals surface area contributed by atoms with E-state index >= 15 is 0 Å². The molecule has 0 saturated carbocycles. The van der Waals surface area contributed by atoms with Gasteiger partial charge in [0.15, 0.2) is 0 Å². The molecule has 1 aromatic carbocycles. The van der Waals surface area contributed by atoms with Gasteiger partial charge in [0.25, 0.3) is 0 Å². The molecule has 3 nitrogen and oxygen atoms in total. The molecule has 1 heterocycles. The summed E-state index contributed by atoms with van der Waals surface area (Å²) in [4.78, 5) is 0. The molecule has 0 aliphatic rings. The lowest BCUT2D eigenvalue weighted by Gasteiger charge is -2.08. The van der Waals surface area contributed by atoms with Gasteiger partial charge in [0.05, 0.1) is 6.61 Å². The van der Waals surface area contributed by atoms with E-state index in [1.165, 1.54) is 16.5 Å². The average Bonchev–Trinajstić information content (AvgIpc) is 2.72. The number of nitrogens with zero attached hydrogens (tertiary/aromatic N) is 1. The molecule has 98 valence electrons. The lowest BCUT2D eigenvalue weighted by molar-refractivity contribution is 0.278. The number of aliphatic hydroxyl groups excluding tert-OH is 1. The number of rotatable bonds is 6. The highest BCUT2D eigenvalue weighted by atomic mass is 16.3. The van der Waals surface area contributed by atoms with Gasteiger partial charge in [0.2, 0.25) is 0 Å². The molecule has 2 N–H and O–H groups in total. The lowest BCUT2D eigenvalue weighted by atomic mass is 10.1. The zero-order chi connectivity index (χ0) is 13.0. The van der Waals surface area contributed by atoms with Crippen LogP contribution in [0.5, 0.6) is 0 Å². The highest BCUT2D eigenvalue weighted by Crippen LogP contribution is 2.17. The second-order valence-corrected chi connectivity index (χ2v) is 5.15. The first-order valence-corrected chi connectivity index (χ1v) is 6.60. The Bertz CT molecular complexity index is 502. The van der Waals surface area contributed by atoms with Crippen LogP contribution < -0.4 is 5.32 Å². The molecule has 0 radical (unpaired) electrons. The van der Waals surface area contributed by atoms with Gasteiger partial charge in [-0.3, -0.25) is 0 Å². The van der Waals surface area contributed by atoms with Crippen LogP contribution in [-0.4, -0.2) is 22.8 Å². The molecule has 1 aromatic heterocycles. The number of hydrogen-bond acceptors (Lipinski definition) is 2. The largest absolute Gasteiger partial charge is 0.395 e. The van der Waals surface area contributed by atoms with Crippen LogP contribution in [0.2, 0.25) is 0 Å². The van der Waals surface area contributed by atoms with Crippen molar-refractivity contribution >= 4 is 10.9 Å². The second kappa shape index (κ2) is 6.03. The van der Waals surface area contributed by atoms with Crippen LogP contribution in [0.3, 0.4) is 0 Å². The maximum Gasteiger partial charge on any atom is 0.0610 e. The molecule has 0 unspecified atom stereocenters. The molecule has 0 saturated heterocycles. The van der Waals surface area contributed by atoms with Crippen molar-refractivity contribution in [2.45, 2.75) is 26.9 Å². The minimum atomic E-state index is 0.180. The van der Waals surface area contributed by atoms with Gasteiger partial charge in [0.1, 0.15) is 0 Å². The van der Waals surface area contributed by atoms with E-state index in [-0.39, 0.29) is 6.61 Å². The SMILES string of the molecule is CC(C)CNCc1ccc2ccn(CCO)c2c1. The lowest BCUT2D eigenvalue weighted by Crippen LogP contribution is -2.18. The van der Waals surface area contributed by atoms with Crippen LogP contribution in [0.15, 0.2) is 30.5 Å². The molecule has 18 heavy (non-hydrogen) atoms. The summed E-state index contributed by atoms with van der Waals surface area (Å²) >= 11 is 0.